The molecule has 1 aromatic carbocycles. The quantitative estimate of drug-likeness (QED) is 0.930. The van der Waals surface area contributed by atoms with Gasteiger partial charge in [0.05, 0.1) is 5.56 Å². The zero-order valence-corrected chi connectivity index (χ0v) is 15.2. The van der Waals surface area contributed by atoms with Crippen LogP contribution in [0, 0.1) is 0 Å². The van der Waals surface area contributed by atoms with Crippen molar-refractivity contribution in [2.45, 2.75) is 19.8 Å². The van der Waals surface area contributed by atoms with E-state index < -0.39 is 0 Å². The molecule has 3 rings (SSSR count). The number of amides is 1. The fraction of sp³-hybridized carbons (Fsp3) is 0.400. The lowest BCUT2D eigenvalue weighted by molar-refractivity contribution is 0.102. The van der Waals surface area contributed by atoms with Crippen molar-refractivity contribution in [3.8, 4) is 0 Å². The van der Waals surface area contributed by atoms with Crippen LogP contribution in [0.25, 0.3) is 0 Å². The molecule has 2 heterocycles. The number of nitrogens with one attached hydrogen (secondary N) is 1. The molecule has 0 unspecified atom stereocenters. The van der Waals surface area contributed by atoms with E-state index in [-0.39, 0.29) is 5.91 Å². The largest absolute Gasteiger partial charge is 0.353 e. The number of para-hydroxylation sites is 1. The molecule has 1 N–H and O–H groups in total. The van der Waals surface area contributed by atoms with Crippen LogP contribution in [-0.4, -0.2) is 49.0 Å². The van der Waals surface area contributed by atoms with Gasteiger partial charge in [0.1, 0.15) is 5.82 Å². The SMILES string of the molecule is CC(C)c1ccccc1NC(=O)c1cccnc1N1CCN(C)CC1. The fourth-order valence-corrected chi connectivity index (χ4v) is 3.15. The first-order chi connectivity index (χ1) is 12.1. The number of likely N-dealkylation sites (N-methyl/N-ethyl adjacent to an activating group) is 1. The summed E-state index contributed by atoms with van der Waals surface area (Å²) in [6.45, 7) is 7.99. The van der Waals surface area contributed by atoms with Crippen LogP contribution < -0.4 is 10.2 Å². The summed E-state index contributed by atoms with van der Waals surface area (Å²) < 4.78 is 0. The van der Waals surface area contributed by atoms with Gasteiger partial charge in [-0.15, -0.1) is 0 Å². The van der Waals surface area contributed by atoms with Crippen molar-refractivity contribution in [2.24, 2.45) is 0 Å². The first kappa shape index (κ1) is 17.4. The summed E-state index contributed by atoms with van der Waals surface area (Å²) in [5.74, 6) is 1.02. The lowest BCUT2D eigenvalue weighted by atomic mass is 10.0. The molecule has 1 amide bonds. The van der Waals surface area contributed by atoms with Gasteiger partial charge in [0.25, 0.3) is 5.91 Å². The van der Waals surface area contributed by atoms with E-state index >= 15 is 0 Å². The highest BCUT2D eigenvalue weighted by molar-refractivity contribution is 6.07. The Morgan fingerprint density at radius 3 is 2.52 bits per heavy atom. The summed E-state index contributed by atoms with van der Waals surface area (Å²) in [5.41, 5.74) is 2.64. The van der Waals surface area contributed by atoms with Gasteiger partial charge in [-0.25, -0.2) is 4.98 Å². The van der Waals surface area contributed by atoms with Crippen molar-refractivity contribution in [2.75, 3.05) is 43.4 Å². The third-order valence-corrected chi connectivity index (χ3v) is 4.67. The predicted octanol–water partition coefficient (Wildman–Crippen LogP) is 3.21. The van der Waals surface area contributed by atoms with Gasteiger partial charge in [0, 0.05) is 38.1 Å². The Labute approximate surface area is 149 Å². The first-order valence-corrected chi connectivity index (χ1v) is 8.85. The van der Waals surface area contributed by atoms with E-state index in [0.29, 0.717) is 11.5 Å². The molecule has 2 aromatic rings. The maximum absolute atomic E-state index is 12.9. The van der Waals surface area contributed by atoms with E-state index in [1.54, 1.807) is 6.20 Å². The van der Waals surface area contributed by atoms with Gasteiger partial charge in [-0.1, -0.05) is 32.0 Å². The Morgan fingerprint density at radius 2 is 1.80 bits per heavy atom. The molecular formula is C20H26N4O. The van der Waals surface area contributed by atoms with Crippen LogP contribution >= 0.6 is 0 Å². The van der Waals surface area contributed by atoms with Gasteiger partial charge >= 0.3 is 0 Å². The molecule has 0 atom stereocenters. The van der Waals surface area contributed by atoms with Gasteiger partial charge < -0.3 is 15.1 Å². The minimum atomic E-state index is -0.102. The molecule has 1 fully saturated rings. The number of piperazine rings is 1. The van der Waals surface area contributed by atoms with Crippen LogP contribution in [0.3, 0.4) is 0 Å². The summed E-state index contributed by atoms with van der Waals surface area (Å²) in [7, 11) is 2.12. The van der Waals surface area contributed by atoms with Crippen LogP contribution in [-0.2, 0) is 0 Å². The number of nitrogens with zero attached hydrogens (tertiary/aromatic N) is 3. The second-order valence-corrected chi connectivity index (χ2v) is 6.86. The Bertz CT molecular complexity index is 736. The molecule has 1 saturated heterocycles. The number of hydrogen-bond acceptors (Lipinski definition) is 4. The van der Waals surface area contributed by atoms with E-state index in [1.807, 2.05) is 30.3 Å². The Kier molecular flexibility index (Phi) is 5.34. The lowest BCUT2D eigenvalue weighted by Crippen LogP contribution is -2.45. The Balaban J connectivity index is 1.84. The normalized spacial score (nSPS) is 15.4. The molecule has 1 aliphatic rings. The number of rotatable bonds is 4. The number of carbonyl (C=O) groups excluding carboxylic acids is 1. The maximum atomic E-state index is 12.9. The van der Waals surface area contributed by atoms with Crippen molar-refractivity contribution in [1.82, 2.24) is 9.88 Å². The van der Waals surface area contributed by atoms with E-state index in [1.165, 1.54) is 0 Å². The minimum Gasteiger partial charge on any atom is -0.353 e. The molecule has 0 bridgehead atoms. The third-order valence-electron chi connectivity index (χ3n) is 4.67. The average Bonchev–Trinajstić information content (AvgIpc) is 2.62. The first-order valence-electron chi connectivity index (χ1n) is 8.85. The Hall–Kier alpha value is -2.40. The van der Waals surface area contributed by atoms with Gasteiger partial charge in [-0.05, 0) is 36.7 Å². The van der Waals surface area contributed by atoms with Crippen molar-refractivity contribution in [3.63, 3.8) is 0 Å². The minimum absolute atomic E-state index is 0.102. The van der Waals surface area contributed by atoms with Crippen LogP contribution in [0.15, 0.2) is 42.6 Å². The Morgan fingerprint density at radius 1 is 1.08 bits per heavy atom. The highest BCUT2D eigenvalue weighted by atomic mass is 16.1. The molecule has 0 saturated carbocycles. The summed E-state index contributed by atoms with van der Waals surface area (Å²) >= 11 is 0. The van der Waals surface area contributed by atoms with E-state index in [2.05, 4.69) is 47.1 Å². The second kappa shape index (κ2) is 7.66. The van der Waals surface area contributed by atoms with Crippen molar-refractivity contribution < 1.29 is 4.79 Å². The molecule has 5 nitrogen and oxygen atoms in total. The molecule has 0 radical (unpaired) electrons. The number of aromatic nitrogens is 1. The van der Waals surface area contributed by atoms with Gasteiger partial charge in [0.15, 0.2) is 0 Å². The zero-order valence-electron chi connectivity index (χ0n) is 15.2. The number of pyridine rings is 1. The van der Waals surface area contributed by atoms with Crippen molar-refractivity contribution in [1.29, 1.82) is 0 Å². The van der Waals surface area contributed by atoms with Crippen molar-refractivity contribution >= 4 is 17.4 Å². The summed E-state index contributed by atoms with van der Waals surface area (Å²) in [6, 6.07) is 11.7. The molecule has 25 heavy (non-hydrogen) atoms. The molecule has 132 valence electrons. The zero-order chi connectivity index (χ0) is 17.8. The van der Waals surface area contributed by atoms with E-state index in [9.17, 15) is 4.79 Å². The average molecular weight is 338 g/mol. The smallest absolute Gasteiger partial charge is 0.259 e. The number of anilines is 2. The van der Waals surface area contributed by atoms with Gasteiger partial charge in [-0.3, -0.25) is 4.79 Å². The lowest BCUT2D eigenvalue weighted by Gasteiger charge is -2.34. The molecule has 0 spiro atoms. The molecular weight excluding hydrogens is 312 g/mol. The van der Waals surface area contributed by atoms with Crippen LogP contribution in [0.4, 0.5) is 11.5 Å². The number of benzene rings is 1. The summed E-state index contributed by atoms with van der Waals surface area (Å²) in [5, 5.41) is 3.08. The third kappa shape index (κ3) is 3.99. The van der Waals surface area contributed by atoms with E-state index in [4.69, 9.17) is 0 Å². The fourth-order valence-electron chi connectivity index (χ4n) is 3.15. The molecule has 5 heteroatoms. The molecule has 1 aromatic heterocycles. The monoisotopic (exact) mass is 338 g/mol. The number of carbonyl (C=O) groups is 1. The van der Waals surface area contributed by atoms with Crippen LogP contribution in [0.5, 0.6) is 0 Å². The summed E-state index contributed by atoms with van der Waals surface area (Å²) in [6.07, 6.45) is 1.76. The van der Waals surface area contributed by atoms with E-state index in [0.717, 1.165) is 43.2 Å². The predicted molar refractivity (Wildman–Crippen MR) is 102 cm³/mol. The summed E-state index contributed by atoms with van der Waals surface area (Å²) in [4.78, 5) is 21.9. The second-order valence-electron chi connectivity index (χ2n) is 6.86. The van der Waals surface area contributed by atoms with Crippen molar-refractivity contribution in [3.05, 3.63) is 53.7 Å². The van der Waals surface area contributed by atoms with Gasteiger partial charge in [-0.2, -0.15) is 0 Å². The van der Waals surface area contributed by atoms with Crippen LogP contribution in [0.2, 0.25) is 0 Å². The molecule has 0 aliphatic carbocycles. The maximum Gasteiger partial charge on any atom is 0.259 e. The topological polar surface area (TPSA) is 48.5 Å². The standard InChI is InChI=1S/C20H26N4O/c1-15(2)16-7-4-5-9-18(16)22-20(25)17-8-6-10-21-19(17)24-13-11-23(3)12-14-24/h4-10,15H,11-14H2,1-3H3,(H,22,25). The highest BCUT2D eigenvalue weighted by Gasteiger charge is 2.21. The number of hydrogen-bond donors (Lipinski definition) is 1. The highest BCUT2D eigenvalue weighted by Crippen LogP contribution is 2.26. The van der Waals surface area contributed by atoms with Crippen LogP contribution in [0.1, 0.15) is 35.7 Å². The van der Waals surface area contributed by atoms with Gasteiger partial charge in [0.2, 0.25) is 0 Å². The molecule has 1 aliphatic heterocycles.